The van der Waals surface area contributed by atoms with E-state index in [0.717, 1.165) is 0 Å². The Morgan fingerprint density at radius 2 is 2.00 bits per heavy atom. The molecule has 0 amide bonds. The number of hydrogen-bond donors (Lipinski definition) is 2. The molecule has 1 aromatic carbocycles. The van der Waals surface area contributed by atoms with Crippen LogP contribution < -0.4 is 4.72 Å². The van der Waals surface area contributed by atoms with E-state index in [9.17, 15) is 8.42 Å². The SMILES string of the molecule is Cc1oc(CO)cc1S(=O)(=O)Nc1ccc(Br)c(Cl)c1Cl. The molecule has 9 heteroatoms. The highest BCUT2D eigenvalue weighted by Crippen LogP contribution is 2.37. The normalized spacial score (nSPS) is 11.7. The minimum absolute atomic E-state index is 0.0679. The highest BCUT2D eigenvalue weighted by atomic mass is 79.9. The van der Waals surface area contributed by atoms with Gasteiger partial charge in [0, 0.05) is 10.5 Å². The van der Waals surface area contributed by atoms with Crippen molar-refractivity contribution in [2.24, 2.45) is 0 Å². The number of furan rings is 1. The fourth-order valence-electron chi connectivity index (χ4n) is 1.67. The zero-order valence-electron chi connectivity index (χ0n) is 10.7. The molecule has 114 valence electrons. The van der Waals surface area contributed by atoms with E-state index in [1.54, 1.807) is 6.07 Å². The van der Waals surface area contributed by atoms with Crippen LogP contribution in [0.3, 0.4) is 0 Å². The van der Waals surface area contributed by atoms with Gasteiger partial charge in [-0.05, 0) is 35.0 Å². The predicted molar refractivity (Wildman–Crippen MR) is 84.3 cm³/mol. The van der Waals surface area contributed by atoms with Gasteiger partial charge in [-0.3, -0.25) is 4.72 Å². The first-order valence-corrected chi connectivity index (χ1v) is 8.66. The van der Waals surface area contributed by atoms with Gasteiger partial charge in [0.15, 0.2) is 0 Å². The van der Waals surface area contributed by atoms with Crippen LogP contribution in [-0.4, -0.2) is 13.5 Å². The molecule has 1 aromatic heterocycles. The number of rotatable bonds is 4. The van der Waals surface area contributed by atoms with Gasteiger partial charge in [0.2, 0.25) is 0 Å². The van der Waals surface area contributed by atoms with Gasteiger partial charge < -0.3 is 9.52 Å². The molecule has 0 aliphatic heterocycles. The molecule has 0 radical (unpaired) electrons. The Morgan fingerprint density at radius 3 is 2.57 bits per heavy atom. The van der Waals surface area contributed by atoms with Gasteiger partial charge in [0.1, 0.15) is 23.0 Å². The number of aliphatic hydroxyl groups is 1. The van der Waals surface area contributed by atoms with Crippen molar-refractivity contribution >= 4 is 54.8 Å². The molecule has 0 bridgehead atoms. The molecule has 0 fully saturated rings. The van der Waals surface area contributed by atoms with E-state index in [0.29, 0.717) is 4.47 Å². The number of aryl methyl sites for hydroxylation is 1. The molecule has 1 heterocycles. The molecule has 0 spiro atoms. The monoisotopic (exact) mass is 413 g/mol. The Balaban J connectivity index is 2.42. The Morgan fingerprint density at radius 1 is 1.33 bits per heavy atom. The fourth-order valence-corrected chi connectivity index (χ4v) is 3.83. The van der Waals surface area contributed by atoms with Gasteiger partial charge in [0.25, 0.3) is 10.0 Å². The van der Waals surface area contributed by atoms with Crippen molar-refractivity contribution in [3.05, 3.63) is 44.2 Å². The minimum Gasteiger partial charge on any atom is -0.462 e. The lowest BCUT2D eigenvalue weighted by Crippen LogP contribution is -2.13. The molecule has 0 saturated carbocycles. The highest BCUT2D eigenvalue weighted by molar-refractivity contribution is 9.10. The number of halogens is 3. The van der Waals surface area contributed by atoms with Crippen LogP contribution in [0.25, 0.3) is 0 Å². The van der Waals surface area contributed by atoms with E-state index in [-0.39, 0.29) is 38.8 Å². The lowest BCUT2D eigenvalue weighted by atomic mass is 10.3. The van der Waals surface area contributed by atoms with Gasteiger partial charge in [-0.25, -0.2) is 8.42 Å². The average molecular weight is 415 g/mol. The van der Waals surface area contributed by atoms with Crippen LogP contribution in [0, 0.1) is 6.92 Å². The Labute approximate surface area is 140 Å². The summed E-state index contributed by atoms with van der Waals surface area (Å²) in [5.74, 6) is 0.332. The summed E-state index contributed by atoms with van der Waals surface area (Å²) in [7, 11) is -3.90. The van der Waals surface area contributed by atoms with Crippen LogP contribution in [0.15, 0.2) is 32.0 Å². The van der Waals surface area contributed by atoms with E-state index in [4.69, 9.17) is 32.7 Å². The van der Waals surface area contributed by atoms with Crippen LogP contribution in [0.2, 0.25) is 10.0 Å². The summed E-state index contributed by atoms with van der Waals surface area (Å²) >= 11 is 15.2. The molecule has 2 N–H and O–H groups in total. The maximum Gasteiger partial charge on any atom is 0.265 e. The summed E-state index contributed by atoms with van der Waals surface area (Å²) in [6, 6.07) is 4.32. The summed E-state index contributed by atoms with van der Waals surface area (Å²) in [5, 5.41) is 9.28. The third-order valence-electron chi connectivity index (χ3n) is 2.65. The van der Waals surface area contributed by atoms with Crippen molar-refractivity contribution in [1.29, 1.82) is 0 Å². The molecular formula is C12H10BrCl2NO4S. The van der Waals surface area contributed by atoms with E-state index < -0.39 is 10.0 Å². The summed E-state index contributed by atoms with van der Waals surface area (Å²) in [4.78, 5) is -0.0679. The zero-order chi connectivity index (χ0) is 15.8. The smallest absolute Gasteiger partial charge is 0.265 e. The van der Waals surface area contributed by atoms with Gasteiger partial charge >= 0.3 is 0 Å². The maximum atomic E-state index is 12.3. The van der Waals surface area contributed by atoms with Crippen molar-refractivity contribution in [2.75, 3.05) is 4.72 Å². The first-order valence-electron chi connectivity index (χ1n) is 5.62. The van der Waals surface area contributed by atoms with Crippen LogP contribution in [-0.2, 0) is 16.6 Å². The highest BCUT2D eigenvalue weighted by Gasteiger charge is 2.23. The lowest BCUT2D eigenvalue weighted by molar-refractivity contribution is 0.245. The third kappa shape index (κ3) is 3.37. The van der Waals surface area contributed by atoms with Crippen molar-refractivity contribution in [3.8, 4) is 0 Å². The quantitative estimate of drug-likeness (QED) is 0.742. The summed E-state index contributed by atoms with van der Waals surface area (Å²) in [5.41, 5.74) is 0.149. The molecule has 2 aromatic rings. The second-order valence-corrected chi connectivity index (χ2v) is 7.38. The predicted octanol–water partition coefficient (Wildman–Crippen LogP) is 3.95. The van der Waals surface area contributed by atoms with Crippen LogP contribution in [0.5, 0.6) is 0 Å². The fraction of sp³-hybridized carbons (Fsp3) is 0.167. The van der Waals surface area contributed by atoms with Crippen molar-refractivity contribution in [1.82, 2.24) is 0 Å². The topological polar surface area (TPSA) is 79.5 Å². The number of aliphatic hydroxyl groups excluding tert-OH is 1. The Hall–Kier alpha value is -0.730. The van der Waals surface area contributed by atoms with Crippen LogP contribution in [0.1, 0.15) is 11.5 Å². The second-order valence-electron chi connectivity index (χ2n) is 4.12. The number of nitrogens with one attached hydrogen (secondary N) is 1. The molecule has 0 aliphatic rings. The largest absolute Gasteiger partial charge is 0.462 e. The minimum atomic E-state index is -3.90. The Bertz CT molecular complexity index is 789. The van der Waals surface area contributed by atoms with E-state index in [1.807, 2.05) is 0 Å². The standard InChI is InChI=1S/C12H10BrCl2NO4S/c1-6-10(4-7(5-17)20-6)21(18,19)16-9-3-2-8(13)11(14)12(9)15/h2-4,16-17H,5H2,1H3. The summed E-state index contributed by atoms with van der Waals surface area (Å²) in [6.07, 6.45) is 0. The average Bonchev–Trinajstić information content (AvgIpc) is 2.81. The summed E-state index contributed by atoms with van der Waals surface area (Å²) in [6.45, 7) is 1.10. The van der Waals surface area contributed by atoms with Gasteiger partial charge in [0.05, 0.1) is 15.7 Å². The number of hydrogen-bond acceptors (Lipinski definition) is 4. The van der Waals surface area contributed by atoms with Crippen LogP contribution in [0.4, 0.5) is 5.69 Å². The molecule has 2 rings (SSSR count). The number of benzene rings is 1. The second kappa shape index (κ2) is 6.18. The molecule has 0 atom stereocenters. The zero-order valence-corrected chi connectivity index (χ0v) is 14.6. The van der Waals surface area contributed by atoms with Crippen LogP contribution >= 0.6 is 39.1 Å². The van der Waals surface area contributed by atoms with E-state index in [1.165, 1.54) is 19.1 Å². The van der Waals surface area contributed by atoms with Gasteiger partial charge in [-0.2, -0.15) is 0 Å². The first-order chi connectivity index (χ1) is 9.76. The number of sulfonamides is 1. The van der Waals surface area contributed by atoms with E-state index >= 15 is 0 Å². The Kier molecular flexibility index (Phi) is 4.89. The number of anilines is 1. The van der Waals surface area contributed by atoms with Crippen molar-refractivity contribution < 1.29 is 17.9 Å². The van der Waals surface area contributed by atoms with Crippen molar-refractivity contribution in [2.45, 2.75) is 18.4 Å². The molecular weight excluding hydrogens is 405 g/mol. The molecule has 5 nitrogen and oxygen atoms in total. The van der Waals surface area contributed by atoms with E-state index in [2.05, 4.69) is 20.7 Å². The summed E-state index contributed by atoms with van der Waals surface area (Å²) < 4.78 is 32.7. The van der Waals surface area contributed by atoms with Gasteiger partial charge in [-0.15, -0.1) is 0 Å². The molecule has 0 saturated heterocycles. The van der Waals surface area contributed by atoms with Gasteiger partial charge in [-0.1, -0.05) is 23.2 Å². The maximum absolute atomic E-state index is 12.3. The van der Waals surface area contributed by atoms with Crippen molar-refractivity contribution in [3.63, 3.8) is 0 Å². The molecule has 0 unspecified atom stereocenters. The third-order valence-corrected chi connectivity index (χ3v) is 5.89. The molecule has 21 heavy (non-hydrogen) atoms. The lowest BCUT2D eigenvalue weighted by Gasteiger charge is -2.10. The molecule has 0 aliphatic carbocycles. The first kappa shape index (κ1) is 16.6.